The van der Waals surface area contributed by atoms with Gasteiger partial charge in [0.25, 0.3) is 0 Å². The second-order valence-electron chi connectivity index (χ2n) is 6.21. The number of nitrogens with one attached hydrogen (secondary N) is 1. The van der Waals surface area contributed by atoms with E-state index < -0.39 is 16.7 Å². The summed E-state index contributed by atoms with van der Waals surface area (Å²) in [6.07, 6.45) is 1.64. The molecule has 0 heterocycles. The van der Waals surface area contributed by atoms with Crippen LogP contribution in [0, 0.1) is 16.7 Å². The first-order chi connectivity index (χ1) is 8.57. The van der Waals surface area contributed by atoms with E-state index in [1.165, 1.54) is 6.08 Å². The van der Waals surface area contributed by atoms with Crippen molar-refractivity contribution in [3.63, 3.8) is 0 Å². The standard InChI is InChI=1S/C15H23NO3/c1-9-7-11(17)15(5,10(2)13(9)19)14(3,4)8-12(18)16-6/h7,10H,8H2,1-6H3,(H,16,18). The average Bonchev–Trinajstić information content (AvgIpc) is 2.32. The van der Waals surface area contributed by atoms with E-state index in [1.54, 1.807) is 27.8 Å². The van der Waals surface area contributed by atoms with Crippen LogP contribution in [0.5, 0.6) is 0 Å². The number of amides is 1. The van der Waals surface area contributed by atoms with Gasteiger partial charge in [-0.15, -0.1) is 0 Å². The van der Waals surface area contributed by atoms with Gasteiger partial charge in [0.1, 0.15) is 0 Å². The fourth-order valence-corrected chi connectivity index (χ4v) is 2.83. The van der Waals surface area contributed by atoms with Crippen LogP contribution in [0.2, 0.25) is 0 Å². The minimum atomic E-state index is -0.851. The average molecular weight is 265 g/mol. The Hall–Kier alpha value is -1.45. The number of hydrogen-bond acceptors (Lipinski definition) is 3. The molecule has 1 amide bonds. The van der Waals surface area contributed by atoms with Crippen molar-refractivity contribution in [1.29, 1.82) is 0 Å². The van der Waals surface area contributed by atoms with Crippen LogP contribution in [0.3, 0.4) is 0 Å². The highest BCUT2D eigenvalue weighted by molar-refractivity contribution is 6.12. The molecule has 0 spiro atoms. The lowest BCUT2D eigenvalue weighted by Crippen LogP contribution is -2.52. The molecule has 1 N–H and O–H groups in total. The van der Waals surface area contributed by atoms with Crippen LogP contribution in [0.4, 0.5) is 0 Å². The van der Waals surface area contributed by atoms with Gasteiger partial charge in [-0.05, 0) is 24.0 Å². The van der Waals surface area contributed by atoms with Crippen molar-refractivity contribution in [2.45, 2.75) is 41.0 Å². The number of carbonyl (C=O) groups is 3. The van der Waals surface area contributed by atoms with Crippen molar-refractivity contribution in [3.8, 4) is 0 Å². The zero-order valence-corrected chi connectivity index (χ0v) is 12.6. The number of Topliss-reactive ketones (excluding diaryl/α,β-unsaturated/α-hetero) is 1. The highest BCUT2D eigenvalue weighted by Gasteiger charge is 2.54. The molecule has 19 heavy (non-hydrogen) atoms. The van der Waals surface area contributed by atoms with E-state index in [4.69, 9.17) is 0 Å². The van der Waals surface area contributed by atoms with Crippen molar-refractivity contribution < 1.29 is 14.4 Å². The number of hydrogen-bond donors (Lipinski definition) is 1. The van der Waals surface area contributed by atoms with Gasteiger partial charge < -0.3 is 5.32 Å². The molecule has 0 aliphatic heterocycles. The molecule has 1 aliphatic rings. The summed E-state index contributed by atoms with van der Waals surface area (Å²) in [5.74, 6) is -0.604. The van der Waals surface area contributed by atoms with Crippen molar-refractivity contribution in [2.24, 2.45) is 16.7 Å². The molecule has 2 atom stereocenters. The second kappa shape index (κ2) is 4.91. The Bertz CT molecular complexity index is 462. The highest BCUT2D eigenvalue weighted by Crippen LogP contribution is 2.50. The zero-order chi connectivity index (χ0) is 15.0. The van der Waals surface area contributed by atoms with Crippen LogP contribution < -0.4 is 5.32 Å². The van der Waals surface area contributed by atoms with E-state index in [0.717, 1.165) is 0 Å². The van der Waals surface area contributed by atoms with E-state index >= 15 is 0 Å². The van der Waals surface area contributed by atoms with E-state index in [9.17, 15) is 14.4 Å². The summed E-state index contributed by atoms with van der Waals surface area (Å²) in [5, 5.41) is 2.58. The topological polar surface area (TPSA) is 63.2 Å². The van der Waals surface area contributed by atoms with Crippen LogP contribution >= 0.6 is 0 Å². The largest absolute Gasteiger partial charge is 0.359 e. The SMILES string of the molecule is CNC(=O)CC(C)(C)C1(C)C(=O)C=C(C)C(=O)C1C. The Kier molecular flexibility index (Phi) is 4.03. The molecule has 0 saturated heterocycles. The summed E-state index contributed by atoms with van der Waals surface area (Å²) in [5.41, 5.74) is -0.933. The van der Waals surface area contributed by atoms with Gasteiger partial charge >= 0.3 is 0 Å². The molecule has 0 aromatic carbocycles. The molecule has 0 bridgehead atoms. The molecular weight excluding hydrogens is 242 g/mol. The highest BCUT2D eigenvalue weighted by atomic mass is 16.2. The van der Waals surface area contributed by atoms with Crippen LogP contribution in [0.15, 0.2) is 11.6 Å². The predicted octanol–water partition coefficient (Wildman–Crippen LogP) is 1.89. The fraction of sp³-hybridized carbons (Fsp3) is 0.667. The molecule has 0 aromatic heterocycles. The van der Waals surface area contributed by atoms with E-state index in [2.05, 4.69) is 5.32 Å². The molecule has 0 aromatic rings. The van der Waals surface area contributed by atoms with Gasteiger partial charge in [0.05, 0.1) is 0 Å². The van der Waals surface area contributed by atoms with Gasteiger partial charge in [0.2, 0.25) is 5.91 Å². The third-order valence-electron chi connectivity index (χ3n) is 4.79. The van der Waals surface area contributed by atoms with Crippen LogP contribution in [-0.2, 0) is 14.4 Å². The summed E-state index contributed by atoms with van der Waals surface area (Å²) in [4.78, 5) is 36.3. The Morgan fingerprint density at radius 1 is 1.42 bits per heavy atom. The van der Waals surface area contributed by atoms with Crippen molar-refractivity contribution in [3.05, 3.63) is 11.6 Å². The lowest BCUT2D eigenvalue weighted by atomic mass is 9.53. The van der Waals surface area contributed by atoms with E-state index in [1.807, 2.05) is 13.8 Å². The lowest BCUT2D eigenvalue weighted by Gasteiger charge is -2.47. The number of ketones is 2. The molecule has 4 nitrogen and oxygen atoms in total. The molecule has 0 radical (unpaired) electrons. The lowest BCUT2D eigenvalue weighted by molar-refractivity contribution is -0.146. The monoisotopic (exact) mass is 265 g/mol. The molecule has 0 fully saturated rings. The molecular formula is C15H23NO3. The second-order valence-corrected chi connectivity index (χ2v) is 6.21. The van der Waals surface area contributed by atoms with Gasteiger partial charge in [0, 0.05) is 24.8 Å². The summed E-state index contributed by atoms with van der Waals surface area (Å²) in [6.45, 7) is 8.99. The van der Waals surface area contributed by atoms with Gasteiger partial charge in [-0.2, -0.15) is 0 Å². The molecule has 1 rings (SSSR count). The van der Waals surface area contributed by atoms with Gasteiger partial charge in [-0.25, -0.2) is 0 Å². The van der Waals surface area contributed by atoms with Crippen molar-refractivity contribution in [1.82, 2.24) is 5.32 Å². The minimum Gasteiger partial charge on any atom is -0.359 e. The smallest absolute Gasteiger partial charge is 0.220 e. The third kappa shape index (κ3) is 2.36. The van der Waals surface area contributed by atoms with Crippen LogP contribution in [-0.4, -0.2) is 24.5 Å². The van der Waals surface area contributed by atoms with E-state index in [0.29, 0.717) is 5.57 Å². The maximum Gasteiger partial charge on any atom is 0.220 e. The van der Waals surface area contributed by atoms with Crippen molar-refractivity contribution >= 4 is 17.5 Å². The molecule has 106 valence electrons. The maximum absolute atomic E-state index is 12.4. The summed E-state index contributed by atoms with van der Waals surface area (Å²) < 4.78 is 0. The normalized spacial score (nSPS) is 28.1. The molecule has 1 aliphatic carbocycles. The van der Waals surface area contributed by atoms with Crippen LogP contribution in [0.25, 0.3) is 0 Å². The van der Waals surface area contributed by atoms with Gasteiger partial charge in [0.15, 0.2) is 11.6 Å². The Balaban J connectivity index is 3.25. The fourth-order valence-electron chi connectivity index (χ4n) is 2.83. The molecule has 0 saturated carbocycles. The van der Waals surface area contributed by atoms with Gasteiger partial charge in [-0.1, -0.05) is 27.7 Å². The first-order valence-corrected chi connectivity index (χ1v) is 6.55. The first-order valence-electron chi connectivity index (χ1n) is 6.55. The molecule has 2 unspecified atom stereocenters. The number of carbonyl (C=O) groups excluding carboxylic acids is 3. The number of allylic oxidation sites excluding steroid dienone is 2. The Morgan fingerprint density at radius 3 is 2.42 bits per heavy atom. The predicted molar refractivity (Wildman–Crippen MR) is 73.5 cm³/mol. The minimum absolute atomic E-state index is 0.00733. The Morgan fingerprint density at radius 2 is 1.95 bits per heavy atom. The first kappa shape index (κ1) is 15.6. The van der Waals surface area contributed by atoms with Crippen molar-refractivity contribution in [2.75, 3.05) is 7.05 Å². The maximum atomic E-state index is 12.4. The number of rotatable bonds is 3. The van der Waals surface area contributed by atoms with Crippen LogP contribution in [0.1, 0.15) is 41.0 Å². The van der Waals surface area contributed by atoms with E-state index in [-0.39, 0.29) is 23.9 Å². The third-order valence-corrected chi connectivity index (χ3v) is 4.79. The molecule has 4 heteroatoms. The van der Waals surface area contributed by atoms with Gasteiger partial charge in [-0.3, -0.25) is 14.4 Å². The Labute approximate surface area is 114 Å². The summed E-state index contributed by atoms with van der Waals surface area (Å²) in [7, 11) is 1.57. The quantitative estimate of drug-likeness (QED) is 0.847. The summed E-state index contributed by atoms with van der Waals surface area (Å²) >= 11 is 0. The zero-order valence-electron chi connectivity index (χ0n) is 12.6. The summed E-state index contributed by atoms with van der Waals surface area (Å²) in [6, 6.07) is 0.